The van der Waals surface area contributed by atoms with E-state index in [1.54, 1.807) is 0 Å². The molecule has 0 aliphatic heterocycles. The fourth-order valence-corrected chi connectivity index (χ4v) is 2.40. The Kier molecular flexibility index (Phi) is 8.16. The number of sulfone groups is 1. The maximum absolute atomic E-state index is 11.2. The summed E-state index contributed by atoms with van der Waals surface area (Å²) in [4.78, 5) is 4.56. The lowest BCUT2D eigenvalue weighted by molar-refractivity contribution is 0.365. The molecule has 0 fully saturated rings. The lowest BCUT2D eigenvalue weighted by Crippen LogP contribution is -2.39. The minimum absolute atomic E-state index is 0.122. The molecule has 0 saturated heterocycles. The third kappa shape index (κ3) is 11.1. The topological polar surface area (TPSA) is 70.6 Å². The summed E-state index contributed by atoms with van der Waals surface area (Å²) < 4.78 is 22.5. The van der Waals surface area contributed by atoms with Crippen molar-refractivity contribution in [3.63, 3.8) is 0 Å². The normalized spacial score (nSPS) is 13.7. The molecule has 6 heteroatoms. The van der Waals surface area contributed by atoms with Crippen LogP contribution in [0.15, 0.2) is 4.99 Å². The summed E-state index contributed by atoms with van der Waals surface area (Å²) in [5.74, 6) is 1.57. The van der Waals surface area contributed by atoms with Gasteiger partial charge in [-0.3, -0.25) is 4.99 Å². The maximum atomic E-state index is 11.2. The van der Waals surface area contributed by atoms with E-state index in [-0.39, 0.29) is 11.2 Å². The van der Waals surface area contributed by atoms with Gasteiger partial charge >= 0.3 is 0 Å². The van der Waals surface area contributed by atoms with Crippen molar-refractivity contribution in [2.24, 2.45) is 16.3 Å². The Balaban J connectivity index is 4.49. The fourth-order valence-electron chi connectivity index (χ4n) is 1.48. The van der Waals surface area contributed by atoms with Crippen LogP contribution in [0.2, 0.25) is 0 Å². The number of nitrogens with zero attached hydrogens (tertiary/aromatic N) is 1. The second-order valence-corrected chi connectivity index (χ2v) is 8.77. The number of guanidine groups is 1. The molecule has 0 aromatic heterocycles. The lowest BCUT2D eigenvalue weighted by atomic mass is 9.90. The standard InChI is InChI=1S/C14H31N3O2S/c1-7-15-13(16-10-12(2)3)17-11-14(4,5)8-9-20(6,18)19/h12H,7-11H2,1-6H3,(H2,15,16,17). The fraction of sp³-hybridized carbons (Fsp3) is 0.929. The average Bonchev–Trinajstić information content (AvgIpc) is 2.29. The first-order valence-corrected chi connectivity index (χ1v) is 9.31. The maximum Gasteiger partial charge on any atom is 0.191 e. The van der Waals surface area contributed by atoms with Gasteiger partial charge in [-0.1, -0.05) is 27.7 Å². The monoisotopic (exact) mass is 305 g/mol. The smallest absolute Gasteiger partial charge is 0.191 e. The molecule has 0 aromatic rings. The minimum atomic E-state index is -2.91. The number of rotatable bonds is 8. The van der Waals surface area contributed by atoms with Crippen LogP contribution in [0, 0.1) is 11.3 Å². The van der Waals surface area contributed by atoms with E-state index < -0.39 is 9.84 Å². The number of nitrogens with one attached hydrogen (secondary N) is 2. The van der Waals surface area contributed by atoms with E-state index in [9.17, 15) is 8.42 Å². The van der Waals surface area contributed by atoms with E-state index in [1.807, 2.05) is 20.8 Å². The molecule has 120 valence electrons. The highest BCUT2D eigenvalue weighted by molar-refractivity contribution is 7.90. The van der Waals surface area contributed by atoms with E-state index >= 15 is 0 Å². The van der Waals surface area contributed by atoms with Crippen LogP contribution < -0.4 is 10.6 Å². The zero-order chi connectivity index (χ0) is 15.8. The first kappa shape index (κ1) is 19.2. The summed E-state index contributed by atoms with van der Waals surface area (Å²) in [5, 5.41) is 6.49. The molecule has 0 rings (SSSR count). The highest BCUT2D eigenvalue weighted by atomic mass is 32.2. The molecular formula is C14H31N3O2S. The van der Waals surface area contributed by atoms with E-state index in [2.05, 4.69) is 29.5 Å². The van der Waals surface area contributed by atoms with Crippen molar-refractivity contribution < 1.29 is 8.42 Å². The molecule has 20 heavy (non-hydrogen) atoms. The molecule has 2 N–H and O–H groups in total. The predicted molar refractivity (Wildman–Crippen MR) is 86.9 cm³/mol. The van der Waals surface area contributed by atoms with E-state index in [1.165, 1.54) is 6.26 Å². The molecule has 0 amide bonds. The Morgan fingerprint density at radius 2 is 1.85 bits per heavy atom. The van der Waals surface area contributed by atoms with Crippen LogP contribution in [0.3, 0.4) is 0 Å². The second kappa shape index (κ2) is 8.49. The third-order valence-electron chi connectivity index (χ3n) is 2.84. The first-order valence-electron chi connectivity index (χ1n) is 7.25. The first-order chi connectivity index (χ1) is 9.06. The van der Waals surface area contributed by atoms with Crippen molar-refractivity contribution in [3.05, 3.63) is 0 Å². The van der Waals surface area contributed by atoms with Gasteiger partial charge in [0.15, 0.2) is 5.96 Å². The van der Waals surface area contributed by atoms with E-state index in [0.717, 1.165) is 19.0 Å². The quantitative estimate of drug-likeness (QED) is 0.528. The summed E-state index contributed by atoms with van der Waals surface area (Å²) in [6.07, 6.45) is 1.90. The molecule has 5 nitrogen and oxygen atoms in total. The SMILES string of the molecule is CCNC(=NCC(C)(C)CCS(C)(=O)=O)NCC(C)C. The number of hydrogen-bond donors (Lipinski definition) is 2. The van der Waals surface area contributed by atoms with Gasteiger partial charge in [0.25, 0.3) is 0 Å². The minimum Gasteiger partial charge on any atom is -0.357 e. The number of hydrogen-bond acceptors (Lipinski definition) is 3. The molecule has 0 bridgehead atoms. The van der Waals surface area contributed by atoms with Crippen LogP contribution >= 0.6 is 0 Å². The Hall–Kier alpha value is -0.780. The van der Waals surface area contributed by atoms with Crippen LogP contribution in [0.25, 0.3) is 0 Å². The summed E-state index contributed by atoms with van der Waals surface area (Å²) >= 11 is 0. The molecule has 0 spiro atoms. The van der Waals surface area contributed by atoms with Crippen molar-refractivity contribution in [2.45, 2.75) is 41.0 Å². The molecule has 0 aromatic carbocycles. The van der Waals surface area contributed by atoms with Gasteiger partial charge in [0.1, 0.15) is 9.84 Å². The van der Waals surface area contributed by atoms with E-state index in [0.29, 0.717) is 18.9 Å². The molecule has 0 heterocycles. The Morgan fingerprint density at radius 1 is 1.25 bits per heavy atom. The summed E-state index contributed by atoms with van der Waals surface area (Å²) in [6, 6.07) is 0. The van der Waals surface area contributed by atoms with Gasteiger partial charge in [0.2, 0.25) is 0 Å². The Bertz CT molecular complexity index is 401. The molecular weight excluding hydrogens is 274 g/mol. The summed E-state index contributed by atoms with van der Waals surface area (Å²) in [5.41, 5.74) is -0.122. The van der Waals surface area contributed by atoms with Crippen LogP contribution in [0.5, 0.6) is 0 Å². The van der Waals surface area contributed by atoms with Gasteiger partial charge in [-0.2, -0.15) is 0 Å². The van der Waals surface area contributed by atoms with Crippen molar-refractivity contribution in [1.82, 2.24) is 10.6 Å². The van der Waals surface area contributed by atoms with Crippen LogP contribution in [-0.4, -0.2) is 46.0 Å². The molecule has 0 saturated carbocycles. The van der Waals surface area contributed by atoms with Crippen LogP contribution in [0.4, 0.5) is 0 Å². The largest absolute Gasteiger partial charge is 0.357 e. The lowest BCUT2D eigenvalue weighted by Gasteiger charge is -2.23. The Labute approximate surface area is 124 Å². The molecule has 0 aliphatic rings. The molecule has 0 aliphatic carbocycles. The summed E-state index contributed by atoms with van der Waals surface area (Å²) in [6.45, 7) is 12.7. The van der Waals surface area contributed by atoms with Gasteiger partial charge in [-0.05, 0) is 24.7 Å². The van der Waals surface area contributed by atoms with Gasteiger partial charge in [0.05, 0.1) is 5.75 Å². The zero-order valence-corrected chi connectivity index (χ0v) is 14.6. The van der Waals surface area contributed by atoms with Crippen molar-refractivity contribution in [3.8, 4) is 0 Å². The van der Waals surface area contributed by atoms with E-state index in [4.69, 9.17) is 0 Å². The Morgan fingerprint density at radius 3 is 2.30 bits per heavy atom. The second-order valence-electron chi connectivity index (χ2n) is 6.51. The van der Waals surface area contributed by atoms with Crippen molar-refractivity contribution >= 4 is 15.8 Å². The highest BCUT2D eigenvalue weighted by Gasteiger charge is 2.20. The van der Waals surface area contributed by atoms with Gasteiger partial charge in [0, 0.05) is 25.9 Å². The van der Waals surface area contributed by atoms with Crippen molar-refractivity contribution in [2.75, 3.05) is 31.6 Å². The zero-order valence-electron chi connectivity index (χ0n) is 13.8. The van der Waals surface area contributed by atoms with Gasteiger partial charge < -0.3 is 10.6 Å². The van der Waals surface area contributed by atoms with Gasteiger partial charge in [-0.15, -0.1) is 0 Å². The van der Waals surface area contributed by atoms with Crippen molar-refractivity contribution in [1.29, 1.82) is 0 Å². The predicted octanol–water partition coefficient (Wildman–Crippen LogP) is 1.66. The molecule has 0 atom stereocenters. The average molecular weight is 305 g/mol. The summed E-state index contributed by atoms with van der Waals surface area (Å²) in [7, 11) is -2.91. The third-order valence-corrected chi connectivity index (χ3v) is 3.78. The number of aliphatic imine (C=N–C) groups is 1. The van der Waals surface area contributed by atoms with Crippen LogP contribution in [-0.2, 0) is 9.84 Å². The van der Waals surface area contributed by atoms with Crippen LogP contribution in [0.1, 0.15) is 41.0 Å². The van der Waals surface area contributed by atoms with Gasteiger partial charge in [-0.25, -0.2) is 8.42 Å². The molecule has 0 radical (unpaired) electrons. The molecule has 0 unspecified atom stereocenters. The highest BCUT2D eigenvalue weighted by Crippen LogP contribution is 2.21.